The van der Waals surface area contributed by atoms with Gasteiger partial charge in [0.2, 0.25) is 11.9 Å². The first-order chi connectivity index (χ1) is 18.5. The number of nitrogens with one attached hydrogen (secondary N) is 1. The van der Waals surface area contributed by atoms with E-state index in [0.717, 1.165) is 50.0 Å². The molecule has 38 heavy (non-hydrogen) atoms. The Balaban J connectivity index is 1.14. The summed E-state index contributed by atoms with van der Waals surface area (Å²) in [4.78, 5) is 39.0. The largest absolute Gasteiger partial charge is 0.381 e. The van der Waals surface area contributed by atoms with Crippen molar-refractivity contribution < 1.29 is 14.3 Å². The van der Waals surface area contributed by atoms with Crippen LogP contribution < -0.4 is 5.32 Å². The molecule has 9 heteroatoms. The zero-order valence-electron chi connectivity index (χ0n) is 21.2. The van der Waals surface area contributed by atoms with Gasteiger partial charge in [-0.3, -0.25) is 9.59 Å². The predicted octanol–water partition coefficient (Wildman–Crippen LogP) is 3.97. The van der Waals surface area contributed by atoms with E-state index in [0.29, 0.717) is 41.9 Å². The molecule has 3 aliphatic rings. The van der Waals surface area contributed by atoms with Crippen LogP contribution in [0.3, 0.4) is 0 Å². The van der Waals surface area contributed by atoms with E-state index in [1.165, 1.54) is 11.1 Å². The summed E-state index contributed by atoms with van der Waals surface area (Å²) >= 11 is 6.47. The second kappa shape index (κ2) is 10.7. The molecule has 8 nitrogen and oxygen atoms in total. The van der Waals surface area contributed by atoms with Gasteiger partial charge in [-0.05, 0) is 48.4 Å². The van der Waals surface area contributed by atoms with Crippen molar-refractivity contribution >= 4 is 29.4 Å². The Kier molecular flexibility index (Phi) is 7.00. The summed E-state index contributed by atoms with van der Waals surface area (Å²) in [7, 11) is 0. The lowest BCUT2D eigenvalue weighted by molar-refractivity contribution is -0.131. The van der Waals surface area contributed by atoms with Crippen molar-refractivity contribution in [1.29, 1.82) is 0 Å². The Morgan fingerprint density at radius 3 is 2.53 bits per heavy atom. The fourth-order valence-corrected chi connectivity index (χ4v) is 5.68. The summed E-state index contributed by atoms with van der Waals surface area (Å²) in [5.41, 5.74) is 5.42. The number of ether oxygens (including phenoxy) is 1. The molecule has 1 fully saturated rings. The van der Waals surface area contributed by atoms with Gasteiger partial charge in [0.05, 0.1) is 16.9 Å². The van der Waals surface area contributed by atoms with Crippen molar-refractivity contribution in [1.82, 2.24) is 19.8 Å². The van der Waals surface area contributed by atoms with Gasteiger partial charge in [0, 0.05) is 50.0 Å². The number of rotatable bonds is 5. The zero-order chi connectivity index (χ0) is 26.1. The molecule has 2 aromatic carbocycles. The normalized spacial score (nSPS) is 17.7. The molecule has 0 unspecified atom stereocenters. The number of carbonyl (C=O) groups excluding carboxylic acids is 2. The van der Waals surface area contributed by atoms with E-state index in [1.54, 1.807) is 11.1 Å². The molecule has 0 radical (unpaired) electrons. The van der Waals surface area contributed by atoms with Crippen molar-refractivity contribution in [3.05, 3.63) is 75.9 Å². The fraction of sp³-hybridized carbons (Fsp3) is 0.379. The van der Waals surface area contributed by atoms with Crippen LogP contribution in [0.25, 0.3) is 11.3 Å². The molecule has 0 saturated carbocycles. The molecule has 6 rings (SSSR count). The van der Waals surface area contributed by atoms with E-state index in [-0.39, 0.29) is 24.4 Å². The Bertz CT molecular complexity index is 1350. The first-order valence-electron chi connectivity index (χ1n) is 13.2. The fourth-order valence-electron chi connectivity index (χ4n) is 5.48. The summed E-state index contributed by atoms with van der Waals surface area (Å²) in [5.74, 6) is 0.357. The van der Waals surface area contributed by atoms with Crippen LogP contribution in [-0.2, 0) is 28.9 Å². The molecule has 2 amide bonds. The highest BCUT2D eigenvalue weighted by molar-refractivity contribution is 6.33. The molecule has 1 saturated heterocycles. The number of aromatic nitrogens is 2. The number of nitrogens with zero attached hydrogens (tertiary/aromatic N) is 4. The second-order valence-corrected chi connectivity index (χ2v) is 10.5. The van der Waals surface area contributed by atoms with Gasteiger partial charge in [0.15, 0.2) is 0 Å². The SMILES string of the molecule is O=C(CN1Cc2ccc(-c3nc(NC4CCOCC4)ncc3Cl)cc2C1=O)N1CCc2ccccc2CC1. The summed E-state index contributed by atoms with van der Waals surface area (Å²) in [6.45, 7) is 3.27. The lowest BCUT2D eigenvalue weighted by Crippen LogP contribution is -2.41. The third kappa shape index (κ3) is 5.11. The molecule has 4 heterocycles. The zero-order valence-corrected chi connectivity index (χ0v) is 21.9. The number of amides is 2. The second-order valence-electron chi connectivity index (χ2n) is 10.1. The number of hydrogen-bond acceptors (Lipinski definition) is 6. The lowest BCUT2D eigenvalue weighted by Gasteiger charge is -2.23. The van der Waals surface area contributed by atoms with Gasteiger partial charge in [-0.1, -0.05) is 48.0 Å². The number of benzene rings is 2. The average Bonchev–Trinajstić information content (AvgIpc) is 3.10. The number of anilines is 1. The van der Waals surface area contributed by atoms with Crippen LogP contribution in [0.2, 0.25) is 5.02 Å². The number of carbonyl (C=O) groups is 2. The Labute approximate surface area is 227 Å². The van der Waals surface area contributed by atoms with Crippen LogP contribution in [0.15, 0.2) is 48.7 Å². The molecular formula is C29H30ClN5O3. The average molecular weight is 532 g/mol. The van der Waals surface area contributed by atoms with Gasteiger partial charge in [0.25, 0.3) is 5.91 Å². The van der Waals surface area contributed by atoms with E-state index < -0.39 is 0 Å². The highest BCUT2D eigenvalue weighted by Gasteiger charge is 2.31. The molecule has 0 spiro atoms. The van der Waals surface area contributed by atoms with Crippen molar-refractivity contribution in [2.24, 2.45) is 0 Å². The number of halogens is 1. The first kappa shape index (κ1) is 24.8. The Morgan fingerprint density at radius 2 is 1.79 bits per heavy atom. The van der Waals surface area contributed by atoms with Crippen LogP contribution in [0.4, 0.5) is 5.95 Å². The van der Waals surface area contributed by atoms with Crippen LogP contribution >= 0.6 is 11.6 Å². The quantitative estimate of drug-likeness (QED) is 0.536. The maximum absolute atomic E-state index is 13.3. The highest BCUT2D eigenvalue weighted by atomic mass is 35.5. The monoisotopic (exact) mass is 531 g/mol. The number of hydrogen-bond donors (Lipinski definition) is 1. The van der Waals surface area contributed by atoms with Crippen LogP contribution in [0.1, 0.15) is 39.9 Å². The molecule has 3 aromatic rings. The van der Waals surface area contributed by atoms with Crippen molar-refractivity contribution in [2.45, 2.75) is 38.3 Å². The van der Waals surface area contributed by atoms with Gasteiger partial charge >= 0.3 is 0 Å². The van der Waals surface area contributed by atoms with Gasteiger partial charge in [-0.15, -0.1) is 0 Å². The topological polar surface area (TPSA) is 87.7 Å². The minimum absolute atomic E-state index is 0.0122. The third-order valence-electron chi connectivity index (χ3n) is 7.66. The van der Waals surface area contributed by atoms with Crippen molar-refractivity contribution in [2.75, 3.05) is 38.2 Å². The van der Waals surface area contributed by atoms with Gasteiger partial charge in [-0.2, -0.15) is 0 Å². The van der Waals surface area contributed by atoms with Gasteiger partial charge in [-0.25, -0.2) is 9.97 Å². The molecule has 1 aromatic heterocycles. The van der Waals surface area contributed by atoms with Gasteiger partial charge in [0.1, 0.15) is 6.54 Å². The Morgan fingerprint density at radius 1 is 1.05 bits per heavy atom. The maximum Gasteiger partial charge on any atom is 0.254 e. The van der Waals surface area contributed by atoms with E-state index in [1.807, 2.05) is 35.2 Å². The molecule has 196 valence electrons. The molecule has 3 aliphatic heterocycles. The maximum atomic E-state index is 13.3. The van der Waals surface area contributed by atoms with E-state index >= 15 is 0 Å². The number of fused-ring (bicyclic) bond motifs is 2. The first-order valence-corrected chi connectivity index (χ1v) is 13.6. The van der Waals surface area contributed by atoms with E-state index in [2.05, 4.69) is 27.4 Å². The molecule has 1 N–H and O–H groups in total. The Hall–Kier alpha value is -3.49. The minimum Gasteiger partial charge on any atom is -0.381 e. The van der Waals surface area contributed by atoms with E-state index in [4.69, 9.17) is 16.3 Å². The molecule has 0 aliphatic carbocycles. The lowest BCUT2D eigenvalue weighted by atomic mass is 10.0. The standard InChI is InChI=1S/C29H30ClN5O3/c30-25-16-31-29(32-23-9-13-38-14-10-23)33-27(25)21-5-6-22-17-35(28(37)24(22)15-21)18-26(36)34-11-7-19-3-1-2-4-20(19)8-12-34/h1-6,15-16,23H,7-14,17-18H2,(H,31,32,33). The molecular weight excluding hydrogens is 502 g/mol. The summed E-state index contributed by atoms with van der Waals surface area (Å²) < 4.78 is 5.43. The molecule has 0 atom stereocenters. The minimum atomic E-state index is -0.140. The van der Waals surface area contributed by atoms with Crippen LogP contribution in [0.5, 0.6) is 0 Å². The summed E-state index contributed by atoms with van der Waals surface area (Å²) in [6.07, 6.45) is 5.06. The van der Waals surface area contributed by atoms with Gasteiger partial charge < -0.3 is 19.9 Å². The van der Waals surface area contributed by atoms with Crippen molar-refractivity contribution in [3.63, 3.8) is 0 Å². The third-order valence-corrected chi connectivity index (χ3v) is 7.94. The van der Waals surface area contributed by atoms with E-state index in [9.17, 15) is 9.59 Å². The summed E-state index contributed by atoms with van der Waals surface area (Å²) in [5, 5.41) is 3.79. The van der Waals surface area contributed by atoms with Crippen LogP contribution in [0, 0.1) is 0 Å². The van der Waals surface area contributed by atoms with Crippen LogP contribution in [-0.4, -0.2) is 70.5 Å². The summed E-state index contributed by atoms with van der Waals surface area (Å²) in [6, 6.07) is 14.3. The predicted molar refractivity (Wildman–Crippen MR) is 145 cm³/mol. The van der Waals surface area contributed by atoms with Crippen molar-refractivity contribution in [3.8, 4) is 11.3 Å². The molecule has 0 bridgehead atoms. The highest BCUT2D eigenvalue weighted by Crippen LogP contribution is 2.32. The smallest absolute Gasteiger partial charge is 0.254 e.